The molecule has 0 aromatic carbocycles. The zero-order valence-electron chi connectivity index (χ0n) is 8.16. The highest BCUT2D eigenvalue weighted by molar-refractivity contribution is 5.96. The predicted octanol–water partition coefficient (Wildman–Crippen LogP) is 0.00230. The van der Waals surface area contributed by atoms with Gasteiger partial charge in [-0.1, -0.05) is 0 Å². The zero-order chi connectivity index (χ0) is 10.6. The van der Waals surface area contributed by atoms with Crippen molar-refractivity contribution in [2.75, 3.05) is 13.2 Å². The number of carbonyl (C=O) groups excluding carboxylic acids is 1. The van der Waals surface area contributed by atoms with Gasteiger partial charge in [0.05, 0.1) is 0 Å². The molecule has 0 spiro atoms. The van der Waals surface area contributed by atoms with Crippen LogP contribution < -0.4 is 5.32 Å². The Kier molecular flexibility index (Phi) is 3.88. The number of ether oxygens (including phenoxy) is 1. The van der Waals surface area contributed by atoms with Gasteiger partial charge >= 0.3 is 5.97 Å². The highest BCUT2D eigenvalue weighted by atomic mass is 16.5. The number of amides is 1. The van der Waals surface area contributed by atoms with Crippen LogP contribution in [0.15, 0.2) is 0 Å². The van der Waals surface area contributed by atoms with Crippen molar-refractivity contribution in [3.63, 3.8) is 0 Å². The lowest BCUT2D eigenvalue weighted by Crippen LogP contribution is -2.43. The van der Waals surface area contributed by atoms with Crippen molar-refractivity contribution in [1.82, 2.24) is 5.32 Å². The first-order valence-corrected chi connectivity index (χ1v) is 4.72. The molecule has 0 bridgehead atoms. The number of carboxylic acid groups (broad SMARTS) is 1. The van der Waals surface area contributed by atoms with E-state index < -0.39 is 17.8 Å². The molecule has 2 N–H and O–H groups in total. The third-order valence-electron chi connectivity index (χ3n) is 2.33. The number of nitrogens with one attached hydrogen (secondary N) is 1. The highest BCUT2D eigenvalue weighted by Crippen LogP contribution is 2.07. The Labute approximate surface area is 82.4 Å². The van der Waals surface area contributed by atoms with Gasteiger partial charge in [-0.3, -0.25) is 9.59 Å². The summed E-state index contributed by atoms with van der Waals surface area (Å²) in [7, 11) is 0. The van der Waals surface area contributed by atoms with Gasteiger partial charge < -0.3 is 15.2 Å². The van der Waals surface area contributed by atoms with Gasteiger partial charge in [-0.05, 0) is 19.8 Å². The monoisotopic (exact) mass is 201 g/mol. The molecule has 1 amide bonds. The van der Waals surface area contributed by atoms with Crippen LogP contribution in [0.3, 0.4) is 0 Å². The summed E-state index contributed by atoms with van der Waals surface area (Å²) < 4.78 is 5.12. The fraction of sp³-hybridized carbons (Fsp3) is 0.778. The topological polar surface area (TPSA) is 75.6 Å². The predicted molar refractivity (Wildman–Crippen MR) is 48.8 cm³/mol. The van der Waals surface area contributed by atoms with Crippen LogP contribution in [0.2, 0.25) is 0 Å². The summed E-state index contributed by atoms with van der Waals surface area (Å²) in [5.74, 6) is -2.48. The van der Waals surface area contributed by atoms with Gasteiger partial charge in [0, 0.05) is 19.3 Å². The Morgan fingerprint density at radius 1 is 1.43 bits per heavy atom. The minimum Gasteiger partial charge on any atom is -0.481 e. The van der Waals surface area contributed by atoms with Crippen molar-refractivity contribution >= 4 is 11.9 Å². The molecular weight excluding hydrogens is 186 g/mol. The quantitative estimate of drug-likeness (QED) is 0.630. The molecule has 5 nitrogen and oxygen atoms in total. The van der Waals surface area contributed by atoms with Crippen molar-refractivity contribution in [2.45, 2.75) is 25.8 Å². The van der Waals surface area contributed by atoms with Crippen molar-refractivity contribution in [3.8, 4) is 0 Å². The Balaban J connectivity index is 2.35. The van der Waals surface area contributed by atoms with Crippen LogP contribution >= 0.6 is 0 Å². The van der Waals surface area contributed by atoms with Gasteiger partial charge in [0.15, 0.2) is 0 Å². The molecule has 0 radical (unpaired) electrons. The largest absolute Gasteiger partial charge is 0.481 e. The lowest BCUT2D eigenvalue weighted by Gasteiger charge is -2.23. The Bertz CT molecular complexity index is 223. The van der Waals surface area contributed by atoms with Crippen LogP contribution in [-0.2, 0) is 14.3 Å². The fourth-order valence-electron chi connectivity index (χ4n) is 1.28. The van der Waals surface area contributed by atoms with E-state index in [2.05, 4.69) is 5.32 Å². The molecular formula is C9H15NO4. The van der Waals surface area contributed by atoms with E-state index in [4.69, 9.17) is 9.84 Å². The molecule has 1 atom stereocenters. The van der Waals surface area contributed by atoms with Gasteiger partial charge in [0.25, 0.3) is 0 Å². The number of carbonyl (C=O) groups is 2. The first kappa shape index (κ1) is 11.0. The Morgan fingerprint density at radius 3 is 2.50 bits per heavy atom. The van der Waals surface area contributed by atoms with Crippen molar-refractivity contribution < 1.29 is 19.4 Å². The minimum absolute atomic E-state index is 0.0676. The van der Waals surface area contributed by atoms with Crippen LogP contribution in [-0.4, -0.2) is 36.2 Å². The third-order valence-corrected chi connectivity index (χ3v) is 2.33. The number of carboxylic acids is 1. The standard InChI is InChI=1S/C9H15NO4/c1-6(9(12)13)8(11)10-7-2-4-14-5-3-7/h6-7H,2-5H2,1H3,(H,10,11)(H,12,13). The Morgan fingerprint density at radius 2 is 2.00 bits per heavy atom. The SMILES string of the molecule is CC(C(=O)O)C(=O)NC1CCOCC1. The van der Waals surface area contributed by atoms with Crippen LogP contribution in [0.1, 0.15) is 19.8 Å². The van der Waals surface area contributed by atoms with Crippen LogP contribution in [0.25, 0.3) is 0 Å². The molecule has 1 heterocycles. The summed E-state index contributed by atoms with van der Waals surface area (Å²) in [6, 6.07) is 0.0676. The van der Waals surface area contributed by atoms with Gasteiger partial charge in [-0.25, -0.2) is 0 Å². The molecule has 0 aliphatic carbocycles. The summed E-state index contributed by atoms with van der Waals surface area (Å²) in [5.41, 5.74) is 0. The maximum atomic E-state index is 11.3. The normalized spacial score (nSPS) is 20.1. The molecule has 5 heteroatoms. The van der Waals surface area contributed by atoms with Gasteiger partial charge in [0.2, 0.25) is 5.91 Å². The van der Waals surface area contributed by atoms with E-state index in [1.807, 2.05) is 0 Å². The van der Waals surface area contributed by atoms with E-state index in [0.29, 0.717) is 13.2 Å². The average molecular weight is 201 g/mol. The summed E-state index contributed by atoms with van der Waals surface area (Å²) in [6.45, 7) is 2.65. The molecule has 1 unspecified atom stereocenters. The summed E-state index contributed by atoms with van der Waals surface area (Å²) in [6.07, 6.45) is 1.52. The second-order valence-corrected chi connectivity index (χ2v) is 3.46. The molecule has 1 aliphatic rings. The zero-order valence-corrected chi connectivity index (χ0v) is 8.16. The van der Waals surface area contributed by atoms with Gasteiger partial charge in [-0.2, -0.15) is 0 Å². The average Bonchev–Trinajstić information content (AvgIpc) is 2.18. The fourth-order valence-corrected chi connectivity index (χ4v) is 1.28. The maximum absolute atomic E-state index is 11.3. The van der Waals surface area contributed by atoms with Gasteiger partial charge in [-0.15, -0.1) is 0 Å². The Hall–Kier alpha value is -1.10. The van der Waals surface area contributed by atoms with E-state index in [1.165, 1.54) is 6.92 Å². The lowest BCUT2D eigenvalue weighted by molar-refractivity contribution is -0.146. The van der Waals surface area contributed by atoms with Crippen LogP contribution in [0.4, 0.5) is 0 Å². The smallest absolute Gasteiger partial charge is 0.315 e. The second kappa shape index (κ2) is 4.95. The number of hydrogen-bond acceptors (Lipinski definition) is 3. The minimum atomic E-state index is -1.09. The molecule has 80 valence electrons. The maximum Gasteiger partial charge on any atom is 0.315 e. The molecule has 14 heavy (non-hydrogen) atoms. The lowest BCUT2D eigenvalue weighted by atomic mass is 10.1. The van der Waals surface area contributed by atoms with Crippen LogP contribution in [0, 0.1) is 5.92 Å². The molecule has 1 rings (SSSR count). The molecule has 1 saturated heterocycles. The summed E-state index contributed by atoms with van der Waals surface area (Å²) in [4.78, 5) is 21.8. The first-order chi connectivity index (χ1) is 6.61. The van der Waals surface area contributed by atoms with E-state index in [0.717, 1.165) is 12.8 Å². The molecule has 1 aliphatic heterocycles. The third kappa shape index (κ3) is 2.99. The van der Waals surface area contributed by atoms with E-state index in [9.17, 15) is 9.59 Å². The molecule has 1 fully saturated rings. The van der Waals surface area contributed by atoms with E-state index in [1.54, 1.807) is 0 Å². The number of hydrogen-bond donors (Lipinski definition) is 2. The second-order valence-electron chi connectivity index (χ2n) is 3.46. The van der Waals surface area contributed by atoms with Gasteiger partial charge in [0.1, 0.15) is 5.92 Å². The van der Waals surface area contributed by atoms with E-state index in [-0.39, 0.29) is 6.04 Å². The first-order valence-electron chi connectivity index (χ1n) is 4.72. The van der Waals surface area contributed by atoms with Crippen molar-refractivity contribution in [1.29, 1.82) is 0 Å². The molecule has 0 aromatic heterocycles. The van der Waals surface area contributed by atoms with Crippen LogP contribution in [0.5, 0.6) is 0 Å². The summed E-state index contributed by atoms with van der Waals surface area (Å²) >= 11 is 0. The highest BCUT2D eigenvalue weighted by Gasteiger charge is 2.23. The molecule has 0 aromatic rings. The van der Waals surface area contributed by atoms with Crippen molar-refractivity contribution in [2.24, 2.45) is 5.92 Å². The number of rotatable bonds is 3. The van der Waals surface area contributed by atoms with E-state index >= 15 is 0 Å². The van der Waals surface area contributed by atoms with Crippen molar-refractivity contribution in [3.05, 3.63) is 0 Å². The molecule has 0 saturated carbocycles. The number of aliphatic carboxylic acids is 1. The summed E-state index contributed by atoms with van der Waals surface area (Å²) in [5, 5.41) is 11.3.